The molecule has 44 heavy (non-hydrogen) atoms. The van der Waals surface area contributed by atoms with Gasteiger partial charge in [0.05, 0.1) is 18.6 Å². The Balaban J connectivity index is 0.000000754. The van der Waals surface area contributed by atoms with Gasteiger partial charge in [0, 0.05) is 46.6 Å². The number of halogens is 2. The maximum Gasteiger partial charge on any atom is 0.119 e. The molecule has 2 saturated carbocycles. The Hall–Kier alpha value is -2.26. The van der Waals surface area contributed by atoms with Gasteiger partial charge in [0.15, 0.2) is 0 Å². The fourth-order valence-electron chi connectivity index (χ4n) is 6.93. The van der Waals surface area contributed by atoms with Crippen LogP contribution in [0.15, 0.2) is 57.8 Å². The third-order valence-electron chi connectivity index (χ3n) is 9.73. The molecular formula is C35H59ClFN5O2. The van der Waals surface area contributed by atoms with Crippen LogP contribution in [0.1, 0.15) is 72.2 Å². The summed E-state index contributed by atoms with van der Waals surface area (Å²) in [4.78, 5) is 13.6. The van der Waals surface area contributed by atoms with Crippen LogP contribution in [0.5, 0.6) is 5.75 Å². The van der Waals surface area contributed by atoms with E-state index in [0.717, 1.165) is 62.1 Å². The topological polar surface area (TPSA) is 84.0 Å². The second kappa shape index (κ2) is 18.6. The molecule has 4 heterocycles. The van der Waals surface area contributed by atoms with Crippen molar-refractivity contribution >= 4 is 24.5 Å². The van der Waals surface area contributed by atoms with E-state index in [-0.39, 0.29) is 31.4 Å². The zero-order valence-corrected chi connectivity index (χ0v) is 26.7. The van der Waals surface area contributed by atoms with Gasteiger partial charge < -0.3 is 20.4 Å². The van der Waals surface area contributed by atoms with Crippen molar-refractivity contribution in [1.82, 2.24) is 15.1 Å². The quantitative estimate of drug-likeness (QED) is 0.343. The lowest BCUT2D eigenvalue weighted by Crippen LogP contribution is -2.34. The Labute approximate surface area is 272 Å². The number of nitrogens with zero attached hydrogens (tertiary/aromatic N) is 4. The largest absolute Gasteiger partial charge is 0.494 e. The standard InChI is InChI=1S/C29H41N3O.C5H8N2.CH4.ClH.FH.H2O.H2/c1-6-26(33-18-13-25-19-27(25)22-9-14-30-15-10-22)7-2-21(1)11-16-32-17-12-24-5-8-28(23-3-4-23)31-29(24)20-32;1-7-4-2-3-6-5-7;;;;;/h1-2,6-7,22-23,25,27,30H,3-5,8-20H2;2-3,5H,4H2,1H3;1H4;2*1H;1H2;1H/t25-,27?;;;;;;/m1....../s1. The van der Waals surface area contributed by atoms with E-state index in [1.54, 1.807) is 18.1 Å². The molecule has 3 N–H and O–H groups in total. The van der Waals surface area contributed by atoms with E-state index in [1.807, 2.05) is 18.0 Å². The van der Waals surface area contributed by atoms with Crippen LogP contribution in [-0.2, 0) is 6.42 Å². The highest BCUT2D eigenvalue weighted by Crippen LogP contribution is 2.49. The first-order valence-corrected chi connectivity index (χ1v) is 16.0. The Morgan fingerprint density at radius 2 is 1.82 bits per heavy atom. The minimum atomic E-state index is 0. The summed E-state index contributed by atoms with van der Waals surface area (Å²) in [5.74, 6) is 4.74. The Bertz CT molecular complexity index is 1120. The third-order valence-corrected chi connectivity index (χ3v) is 9.73. The van der Waals surface area contributed by atoms with Crippen molar-refractivity contribution in [2.75, 3.05) is 52.9 Å². The smallest absolute Gasteiger partial charge is 0.119 e. The first-order valence-electron chi connectivity index (χ1n) is 16.0. The highest BCUT2D eigenvalue weighted by Gasteiger charge is 2.42. The van der Waals surface area contributed by atoms with Crippen molar-refractivity contribution in [2.45, 2.75) is 71.6 Å². The SMILES string of the molecule is C.CN1C=NC=CC1.Cl.F.O.[HH].c1cc(OCC[C@@H]2CC2C2CCNCC2)ccc1CCN1CCC2=C(C1)N=C(C1CC1)CC2. The average Bonchev–Trinajstić information content (AvgIpc) is 3.93. The van der Waals surface area contributed by atoms with Crippen LogP contribution in [-0.4, -0.2) is 80.2 Å². The fourth-order valence-corrected chi connectivity index (χ4v) is 6.93. The van der Waals surface area contributed by atoms with Gasteiger partial charge in [0.2, 0.25) is 0 Å². The normalized spacial score (nSPS) is 24.2. The molecule has 1 saturated heterocycles. The van der Waals surface area contributed by atoms with Gasteiger partial charge in [-0.05, 0) is 130 Å². The molecule has 3 fully saturated rings. The van der Waals surface area contributed by atoms with E-state index in [0.29, 0.717) is 0 Å². The number of hydrogen-bond donors (Lipinski definition) is 1. The van der Waals surface area contributed by atoms with Gasteiger partial charge in [-0.1, -0.05) is 19.6 Å². The number of benzene rings is 1. The molecule has 0 aromatic heterocycles. The molecule has 0 spiro atoms. The maximum atomic E-state index is 6.09. The van der Waals surface area contributed by atoms with Gasteiger partial charge in [-0.2, -0.15) is 0 Å². The number of ether oxygens (including phenoxy) is 1. The number of nitrogens with one attached hydrogen (secondary N) is 1. The fraction of sp³-hybridized carbons (Fsp3) is 0.657. The van der Waals surface area contributed by atoms with Crippen LogP contribution < -0.4 is 10.1 Å². The minimum absolute atomic E-state index is 0. The second-order valence-corrected chi connectivity index (χ2v) is 12.8. The van der Waals surface area contributed by atoms with Crippen molar-refractivity contribution < 1.29 is 16.3 Å². The summed E-state index contributed by atoms with van der Waals surface area (Å²) < 4.78 is 6.09. The summed E-state index contributed by atoms with van der Waals surface area (Å²) in [5, 5.41) is 3.49. The second-order valence-electron chi connectivity index (χ2n) is 12.8. The van der Waals surface area contributed by atoms with Gasteiger partial charge in [-0.3, -0.25) is 14.6 Å². The van der Waals surface area contributed by atoms with Crippen LogP contribution in [0.3, 0.4) is 0 Å². The molecule has 2 aliphatic carbocycles. The van der Waals surface area contributed by atoms with Crippen molar-refractivity contribution in [3.8, 4) is 5.75 Å². The predicted molar refractivity (Wildman–Crippen MR) is 187 cm³/mol. The van der Waals surface area contributed by atoms with Gasteiger partial charge >= 0.3 is 0 Å². The Kier molecular flexibility index (Phi) is 16.1. The molecule has 1 aromatic rings. The molecule has 1 aromatic carbocycles. The molecule has 250 valence electrons. The molecule has 0 radical (unpaired) electrons. The highest BCUT2D eigenvalue weighted by molar-refractivity contribution is 5.90. The minimum Gasteiger partial charge on any atom is -0.494 e. The molecular weight excluding hydrogens is 577 g/mol. The Morgan fingerprint density at radius 3 is 2.48 bits per heavy atom. The van der Waals surface area contributed by atoms with Crippen LogP contribution in [0, 0.1) is 23.7 Å². The molecule has 6 aliphatic rings. The number of likely N-dealkylation sites (N-methyl/N-ethyl adjacent to an activating group) is 1. The maximum absolute atomic E-state index is 6.09. The summed E-state index contributed by atoms with van der Waals surface area (Å²) in [5.41, 5.74) is 5.98. The lowest BCUT2D eigenvalue weighted by molar-refractivity contribution is 0.279. The van der Waals surface area contributed by atoms with Gasteiger partial charge in [0.25, 0.3) is 0 Å². The Morgan fingerprint density at radius 1 is 1.05 bits per heavy atom. The van der Waals surface area contributed by atoms with E-state index in [9.17, 15) is 0 Å². The number of hydrogen-bond acceptors (Lipinski definition) is 6. The lowest BCUT2D eigenvalue weighted by atomic mass is 9.91. The molecule has 0 bridgehead atoms. The highest BCUT2D eigenvalue weighted by atomic mass is 35.5. The van der Waals surface area contributed by atoms with E-state index in [2.05, 4.69) is 39.5 Å². The van der Waals surface area contributed by atoms with Gasteiger partial charge in [-0.25, -0.2) is 4.99 Å². The van der Waals surface area contributed by atoms with Crippen molar-refractivity contribution in [1.29, 1.82) is 0 Å². The average molecular weight is 636 g/mol. The lowest BCUT2D eigenvalue weighted by Gasteiger charge is -2.31. The van der Waals surface area contributed by atoms with Crippen LogP contribution in [0.2, 0.25) is 0 Å². The van der Waals surface area contributed by atoms with Gasteiger partial charge in [0.1, 0.15) is 5.75 Å². The summed E-state index contributed by atoms with van der Waals surface area (Å²) in [6, 6.07) is 8.89. The third kappa shape index (κ3) is 11.0. The van der Waals surface area contributed by atoms with E-state index >= 15 is 0 Å². The number of piperidine rings is 1. The first kappa shape index (κ1) is 37.9. The van der Waals surface area contributed by atoms with Crippen LogP contribution >= 0.6 is 12.4 Å². The molecule has 9 heteroatoms. The van der Waals surface area contributed by atoms with Gasteiger partial charge in [-0.15, -0.1) is 12.4 Å². The molecule has 7 nitrogen and oxygen atoms in total. The first-order chi connectivity index (χ1) is 19.7. The van der Waals surface area contributed by atoms with E-state index in [1.165, 1.54) is 94.4 Å². The van der Waals surface area contributed by atoms with Crippen LogP contribution in [0.25, 0.3) is 0 Å². The summed E-state index contributed by atoms with van der Waals surface area (Å²) >= 11 is 0. The van der Waals surface area contributed by atoms with Crippen molar-refractivity contribution in [3.05, 3.63) is 53.4 Å². The summed E-state index contributed by atoms with van der Waals surface area (Å²) in [6.07, 6.45) is 18.7. The van der Waals surface area contributed by atoms with Crippen molar-refractivity contribution in [2.24, 2.45) is 33.7 Å². The molecule has 7 rings (SSSR count). The number of rotatable bonds is 9. The summed E-state index contributed by atoms with van der Waals surface area (Å²) in [6.45, 7) is 7.71. The zero-order chi connectivity index (χ0) is 27.1. The predicted octanol–water partition coefficient (Wildman–Crippen LogP) is 6.34. The van der Waals surface area contributed by atoms with E-state index in [4.69, 9.17) is 9.73 Å². The molecule has 0 amide bonds. The molecule has 2 atom stereocenters. The molecule has 1 unspecified atom stereocenters. The monoisotopic (exact) mass is 635 g/mol. The van der Waals surface area contributed by atoms with E-state index < -0.39 is 0 Å². The molecule has 4 aliphatic heterocycles. The zero-order valence-electron chi connectivity index (χ0n) is 25.9. The summed E-state index contributed by atoms with van der Waals surface area (Å²) in [7, 11) is 1.99. The van der Waals surface area contributed by atoms with Crippen molar-refractivity contribution in [3.63, 3.8) is 0 Å². The number of aliphatic imine (C=N–C) groups is 2. The van der Waals surface area contributed by atoms with Crippen LogP contribution in [0.4, 0.5) is 4.70 Å².